The monoisotopic (exact) mass is 247 g/mol. The molecule has 0 aliphatic rings. The second-order valence-electron chi connectivity index (χ2n) is 4.19. The lowest BCUT2D eigenvalue weighted by Crippen LogP contribution is -1.93. The molecule has 0 aliphatic heterocycles. The van der Waals surface area contributed by atoms with Gasteiger partial charge in [0.05, 0.1) is 6.07 Å². The van der Waals surface area contributed by atoms with Crippen LogP contribution in [-0.2, 0) is 0 Å². The lowest BCUT2D eigenvalue weighted by Gasteiger charge is -2.07. The summed E-state index contributed by atoms with van der Waals surface area (Å²) in [6, 6.07) is 19.1. The van der Waals surface area contributed by atoms with Gasteiger partial charge in [0.1, 0.15) is 0 Å². The number of ketones is 1. The van der Waals surface area contributed by atoms with Gasteiger partial charge in [0.25, 0.3) is 0 Å². The van der Waals surface area contributed by atoms with Gasteiger partial charge >= 0.3 is 0 Å². The van der Waals surface area contributed by atoms with Crippen LogP contribution in [0.15, 0.2) is 60.7 Å². The average molecular weight is 247 g/mol. The van der Waals surface area contributed by atoms with Gasteiger partial charge in [-0.25, -0.2) is 0 Å². The highest BCUT2D eigenvalue weighted by molar-refractivity contribution is 5.94. The van der Waals surface area contributed by atoms with Crippen molar-refractivity contribution in [3.8, 4) is 6.07 Å². The summed E-state index contributed by atoms with van der Waals surface area (Å²) in [6.45, 7) is 1.54. The molecule has 2 rings (SSSR count). The van der Waals surface area contributed by atoms with E-state index in [9.17, 15) is 4.79 Å². The Morgan fingerprint density at radius 1 is 0.947 bits per heavy atom. The molecule has 2 heteroatoms. The number of allylic oxidation sites excluding steroid dienone is 1. The van der Waals surface area contributed by atoms with E-state index >= 15 is 0 Å². The fraction of sp³-hybridized carbons (Fsp3) is 0.0588. The summed E-state index contributed by atoms with van der Waals surface area (Å²) in [4.78, 5) is 11.3. The van der Waals surface area contributed by atoms with Gasteiger partial charge in [-0.15, -0.1) is 0 Å². The molecular weight excluding hydrogens is 234 g/mol. The first-order valence-corrected chi connectivity index (χ1v) is 5.99. The van der Waals surface area contributed by atoms with E-state index in [4.69, 9.17) is 5.26 Å². The van der Waals surface area contributed by atoms with Crippen molar-refractivity contribution >= 4 is 11.4 Å². The van der Waals surface area contributed by atoms with E-state index < -0.39 is 0 Å². The Morgan fingerprint density at radius 2 is 1.47 bits per heavy atom. The Kier molecular flexibility index (Phi) is 3.90. The van der Waals surface area contributed by atoms with Crippen LogP contribution in [0.2, 0.25) is 0 Å². The molecule has 0 bridgehead atoms. The molecule has 92 valence electrons. The number of nitriles is 1. The minimum atomic E-state index is 0.0390. The third-order valence-electron chi connectivity index (χ3n) is 2.90. The van der Waals surface area contributed by atoms with Crippen molar-refractivity contribution in [3.05, 3.63) is 77.4 Å². The number of Topliss-reactive ketones (excluding diaryl/α,β-unsaturated/α-hetero) is 1. The van der Waals surface area contributed by atoms with E-state index in [1.807, 2.05) is 42.5 Å². The van der Waals surface area contributed by atoms with Gasteiger partial charge in [0.2, 0.25) is 0 Å². The summed E-state index contributed by atoms with van der Waals surface area (Å²) < 4.78 is 0. The molecular formula is C17H13NO. The first-order chi connectivity index (χ1) is 9.22. The fourth-order valence-corrected chi connectivity index (χ4v) is 1.90. The SMILES string of the molecule is CC(=O)c1ccc(/C(=C/C#N)c2ccccc2)cc1. The summed E-state index contributed by atoms with van der Waals surface area (Å²) >= 11 is 0. The van der Waals surface area contributed by atoms with Gasteiger partial charge in [0.15, 0.2) is 5.78 Å². The van der Waals surface area contributed by atoms with Gasteiger partial charge in [-0.3, -0.25) is 4.79 Å². The molecule has 0 N–H and O–H groups in total. The molecule has 0 saturated heterocycles. The van der Waals surface area contributed by atoms with E-state index in [-0.39, 0.29) is 5.78 Å². The van der Waals surface area contributed by atoms with Gasteiger partial charge in [0, 0.05) is 11.6 Å². The maximum Gasteiger partial charge on any atom is 0.159 e. The Morgan fingerprint density at radius 3 is 2.00 bits per heavy atom. The van der Waals surface area contributed by atoms with E-state index in [1.54, 1.807) is 12.1 Å². The Labute approximate surface area is 112 Å². The first kappa shape index (κ1) is 12.8. The molecule has 0 saturated carbocycles. The van der Waals surface area contributed by atoms with Crippen LogP contribution < -0.4 is 0 Å². The summed E-state index contributed by atoms with van der Waals surface area (Å²) in [6.07, 6.45) is 1.53. The van der Waals surface area contributed by atoms with Crippen LogP contribution >= 0.6 is 0 Å². The van der Waals surface area contributed by atoms with Crippen LogP contribution in [0, 0.1) is 11.3 Å². The quantitative estimate of drug-likeness (QED) is 0.610. The maximum absolute atomic E-state index is 11.3. The van der Waals surface area contributed by atoms with Crippen molar-refractivity contribution in [3.63, 3.8) is 0 Å². The van der Waals surface area contributed by atoms with Crippen LogP contribution in [-0.4, -0.2) is 5.78 Å². The Bertz CT molecular complexity index is 646. The zero-order valence-electron chi connectivity index (χ0n) is 10.6. The second-order valence-corrected chi connectivity index (χ2v) is 4.19. The molecule has 2 nitrogen and oxygen atoms in total. The molecule has 0 heterocycles. The van der Waals surface area contributed by atoms with Crippen LogP contribution in [0.3, 0.4) is 0 Å². The van der Waals surface area contributed by atoms with Crippen molar-refractivity contribution in [2.45, 2.75) is 6.92 Å². The molecule has 0 atom stereocenters. The molecule has 0 aromatic heterocycles. The molecule has 0 unspecified atom stereocenters. The van der Waals surface area contributed by atoms with Crippen molar-refractivity contribution in [1.82, 2.24) is 0 Å². The number of carbonyl (C=O) groups is 1. The summed E-state index contributed by atoms with van der Waals surface area (Å²) in [5.41, 5.74) is 3.45. The van der Waals surface area contributed by atoms with Crippen molar-refractivity contribution < 1.29 is 4.79 Å². The van der Waals surface area contributed by atoms with E-state index in [0.29, 0.717) is 5.56 Å². The minimum absolute atomic E-state index is 0.0390. The number of hydrogen-bond acceptors (Lipinski definition) is 2. The number of carbonyl (C=O) groups excluding carboxylic acids is 1. The van der Waals surface area contributed by atoms with Crippen molar-refractivity contribution in [1.29, 1.82) is 5.26 Å². The van der Waals surface area contributed by atoms with Gasteiger partial charge < -0.3 is 0 Å². The zero-order valence-corrected chi connectivity index (χ0v) is 10.6. The number of hydrogen-bond donors (Lipinski definition) is 0. The molecule has 19 heavy (non-hydrogen) atoms. The highest BCUT2D eigenvalue weighted by atomic mass is 16.1. The lowest BCUT2D eigenvalue weighted by atomic mass is 9.96. The standard InChI is InChI=1S/C17H13NO/c1-13(19)14-7-9-16(10-8-14)17(11-12-18)15-5-3-2-4-6-15/h2-11H,1H3/b17-11+. The highest BCUT2D eigenvalue weighted by Crippen LogP contribution is 2.23. The maximum atomic E-state index is 11.3. The second kappa shape index (κ2) is 5.79. The Balaban J connectivity index is 2.44. The summed E-state index contributed by atoms with van der Waals surface area (Å²) in [7, 11) is 0. The van der Waals surface area contributed by atoms with Crippen LogP contribution in [0.5, 0.6) is 0 Å². The van der Waals surface area contributed by atoms with Crippen molar-refractivity contribution in [2.75, 3.05) is 0 Å². The van der Waals surface area contributed by atoms with E-state index in [2.05, 4.69) is 6.07 Å². The van der Waals surface area contributed by atoms with Crippen LogP contribution in [0.4, 0.5) is 0 Å². The predicted octanol–water partition coefficient (Wildman–Crippen LogP) is 3.84. The third kappa shape index (κ3) is 2.97. The molecule has 2 aromatic rings. The smallest absolute Gasteiger partial charge is 0.159 e. The molecule has 0 fully saturated rings. The topological polar surface area (TPSA) is 40.9 Å². The van der Waals surface area contributed by atoms with Gasteiger partial charge in [-0.1, -0.05) is 54.6 Å². The van der Waals surface area contributed by atoms with Crippen molar-refractivity contribution in [2.24, 2.45) is 0 Å². The molecule has 2 aromatic carbocycles. The summed E-state index contributed by atoms with van der Waals surface area (Å²) in [5.74, 6) is 0.0390. The van der Waals surface area contributed by atoms with E-state index in [0.717, 1.165) is 16.7 Å². The normalized spacial score (nSPS) is 10.8. The summed E-state index contributed by atoms with van der Waals surface area (Å²) in [5, 5.41) is 8.92. The van der Waals surface area contributed by atoms with Crippen LogP contribution in [0.1, 0.15) is 28.4 Å². The molecule has 0 spiro atoms. The molecule has 0 aliphatic carbocycles. The number of rotatable bonds is 3. The largest absolute Gasteiger partial charge is 0.295 e. The third-order valence-corrected chi connectivity index (χ3v) is 2.90. The minimum Gasteiger partial charge on any atom is -0.295 e. The Hall–Kier alpha value is -2.66. The average Bonchev–Trinajstić information content (AvgIpc) is 2.46. The zero-order chi connectivity index (χ0) is 13.7. The first-order valence-electron chi connectivity index (χ1n) is 5.99. The van der Waals surface area contributed by atoms with Gasteiger partial charge in [-0.05, 0) is 23.6 Å². The predicted molar refractivity (Wildman–Crippen MR) is 75.6 cm³/mol. The number of benzene rings is 2. The van der Waals surface area contributed by atoms with E-state index in [1.165, 1.54) is 13.0 Å². The molecule has 0 radical (unpaired) electrons. The highest BCUT2D eigenvalue weighted by Gasteiger charge is 2.05. The molecule has 0 amide bonds. The van der Waals surface area contributed by atoms with Crippen LogP contribution in [0.25, 0.3) is 5.57 Å². The lowest BCUT2D eigenvalue weighted by molar-refractivity contribution is 0.101. The van der Waals surface area contributed by atoms with Gasteiger partial charge in [-0.2, -0.15) is 5.26 Å². The number of nitrogens with zero attached hydrogens (tertiary/aromatic N) is 1. The fourth-order valence-electron chi connectivity index (χ4n) is 1.90.